The van der Waals surface area contributed by atoms with E-state index in [1.54, 1.807) is 13.1 Å². The molecule has 2 fully saturated rings. The normalized spacial score (nSPS) is 23.0. The topological polar surface area (TPSA) is 58.9 Å². The van der Waals surface area contributed by atoms with E-state index >= 15 is 0 Å². The number of Topliss-reactive ketones (excluding diaryl/α,β-unsaturated/α-hetero) is 1. The van der Waals surface area contributed by atoms with Crippen molar-refractivity contribution in [3.63, 3.8) is 0 Å². The highest BCUT2D eigenvalue weighted by Gasteiger charge is 2.35. The van der Waals surface area contributed by atoms with Gasteiger partial charge in [-0.2, -0.15) is 0 Å². The third-order valence-electron chi connectivity index (χ3n) is 5.15. The van der Waals surface area contributed by atoms with Crippen LogP contribution < -0.4 is 4.74 Å². The minimum atomic E-state index is -0.0231. The molecule has 2 atom stereocenters. The maximum absolute atomic E-state index is 11.9. The lowest BCUT2D eigenvalue weighted by Crippen LogP contribution is -2.29. The first-order valence-electron chi connectivity index (χ1n) is 8.87. The third-order valence-corrected chi connectivity index (χ3v) is 5.15. The van der Waals surface area contributed by atoms with E-state index in [4.69, 9.17) is 4.74 Å². The largest absolute Gasteiger partial charge is 0.504 e. The van der Waals surface area contributed by atoms with Crippen LogP contribution in [-0.2, 0) is 4.79 Å². The van der Waals surface area contributed by atoms with Crippen molar-refractivity contribution < 1.29 is 14.6 Å². The Morgan fingerprint density at radius 1 is 1.32 bits per heavy atom. The summed E-state index contributed by atoms with van der Waals surface area (Å²) < 4.78 is 5.22. The molecule has 4 heteroatoms. The van der Waals surface area contributed by atoms with Gasteiger partial charge < -0.3 is 9.84 Å². The van der Waals surface area contributed by atoms with Gasteiger partial charge in [0.15, 0.2) is 11.5 Å². The molecule has 3 rings (SSSR count). The second kappa shape index (κ2) is 8.32. The predicted molar refractivity (Wildman–Crippen MR) is 102 cm³/mol. The van der Waals surface area contributed by atoms with Gasteiger partial charge in [-0.25, -0.2) is 0 Å². The van der Waals surface area contributed by atoms with Crippen LogP contribution in [0, 0.1) is 12.8 Å². The highest BCUT2D eigenvalue weighted by molar-refractivity contribution is 5.89. The van der Waals surface area contributed by atoms with Crippen molar-refractivity contribution in [2.24, 2.45) is 10.9 Å². The number of aromatic hydroxyl groups is 1. The van der Waals surface area contributed by atoms with Crippen molar-refractivity contribution in [2.75, 3.05) is 14.2 Å². The van der Waals surface area contributed by atoms with Crippen molar-refractivity contribution >= 4 is 11.5 Å². The smallest absolute Gasteiger partial charge is 0.161 e. The number of benzene rings is 1. The molecule has 2 aliphatic rings. The highest BCUT2D eigenvalue weighted by atomic mass is 16.5. The van der Waals surface area contributed by atoms with E-state index in [0.29, 0.717) is 18.6 Å². The molecule has 2 aliphatic carbocycles. The molecule has 1 N–H and O–H groups in total. The lowest BCUT2D eigenvalue weighted by molar-refractivity contribution is -0.121. The van der Waals surface area contributed by atoms with E-state index < -0.39 is 0 Å². The Hall–Kier alpha value is -2.10. The van der Waals surface area contributed by atoms with E-state index in [-0.39, 0.29) is 23.4 Å². The van der Waals surface area contributed by atoms with Gasteiger partial charge in [0.1, 0.15) is 5.78 Å². The van der Waals surface area contributed by atoms with Crippen molar-refractivity contribution in [1.82, 2.24) is 0 Å². The molecule has 0 radical (unpaired) electrons. The minimum absolute atomic E-state index is 0.0231. The summed E-state index contributed by atoms with van der Waals surface area (Å²) in [5, 5.41) is 10.5. The Kier molecular flexibility index (Phi) is 6.40. The van der Waals surface area contributed by atoms with E-state index in [2.05, 4.69) is 11.6 Å². The Labute approximate surface area is 150 Å². The molecule has 1 aromatic carbocycles. The summed E-state index contributed by atoms with van der Waals surface area (Å²) in [6.07, 6.45) is 4.43. The molecule has 25 heavy (non-hydrogen) atoms. The van der Waals surface area contributed by atoms with Crippen molar-refractivity contribution in [3.05, 3.63) is 35.4 Å². The number of hydrogen-bond acceptors (Lipinski definition) is 4. The molecule has 0 heterocycles. The lowest BCUT2D eigenvalue weighted by atomic mass is 9.71. The summed E-state index contributed by atoms with van der Waals surface area (Å²) >= 11 is 0. The Morgan fingerprint density at radius 2 is 1.96 bits per heavy atom. The van der Waals surface area contributed by atoms with Gasteiger partial charge in [0.2, 0.25) is 0 Å². The molecule has 1 aromatic rings. The summed E-state index contributed by atoms with van der Waals surface area (Å²) in [7, 11) is 3.32. The molecule has 2 saturated carbocycles. The van der Waals surface area contributed by atoms with Gasteiger partial charge in [0.05, 0.1) is 7.11 Å². The number of aliphatic imine (C=N–C) groups is 1. The maximum Gasteiger partial charge on any atom is 0.161 e. The van der Waals surface area contributed by atoms with E-state index in [9.17, 15) is 9.90 Å². The van der Waals surface area contributed by atoms with Crippen molar-refractivity contribution in [3.8, 4) is 11.5 Å². The summed E-state index contributed by atoms with van der Waals surface area (Å²) in [5.41, 5.74) is 4.27. The number of hydrogen-bond donors (Lipinski definition) is 1. The third kappa shape index (κ3) is 4.71. The minimum Gasteiger partial charge on any atom is -0.504 e. The zero-order chi connectivity index (χ0) is 18.6. The number of nitrogens with zero attached hydrogens (tertiary/aromatic N) is 1. The van der Waals surface area contributed by atoms with Crippen LogP contribution in [-0.4, -0.2) is 30.8 Å². The average molecular weight is 343 g/mol. The fraction of sp³-hybridized carbons (Fsp3) is 0.524. The number of carbonyl (C=O) groups is 1. The van der Waals surface area contributed by atoms with Crippen LogP contribution in [0.25, 0.3) is 0 Å². The van der Waals surface area contributed by atoms with Gasteiger partial charge in [0.25, 0.3) is 0 Å². The number of rotatable bonds is 3. The van der Waals surface area contributed by atoms with Crippen LogP contribution in [0.4, 0.5) is 0 Å². The van der Waals surface area contributed by atoms with Crippen molar-refractivity contribution in [1.29, 1.82) is 0 Å². The summed E-state index contributed by atoms with van der Waals surface area (Å²) in [6.45, 7) is 7.63. The Bertz CT molecular complexity index is 685. The predicted octanol–water partition coefficient (Wildman–Crippen LogP) is 4.59. The first-order chi connectivity index (χ1) is 11.9. The van der Waals surface area contributed by atoms with Gasteiger partial charge in [-0.15, -0.1) is 0 Å². The van der Waals surface area contributed by atoms with Crippen LogP contribution in [0.2, 0.25) is 0 Å². The molecular weight excluding hydrogens is 314 g/mol. The Morgan fingerprint density at radius 3 is 2.48 bits per heavy atom. The zero-order valence-electron chi connectivity index (χ0n) is 15.8. The molecule has 0 spiro atoms. The first-order valence-corrected chi connectivity index (χ1v) is 8.87. The standard InChI is InChI=1S/C17H23NO3.C4H6/c1-10-5-8-15(21-4)17(20)16(10)14-9-12(19)6-7-13(14)11(2)18-3;1-4-2-3-4/h5,8,13-14,20H,6-7,9H2,1-4H3;1-3H2. The second-order valence-corrected chi connectivity index (χ2v) is 6.96. The molecule has 0 aliphatic heterocycles. The molecule has 0 bridgehead atoms. The number of allylic oxidation sites excluding steroid dienone is 1. The fourth-order valence-electron chi connectivity index (χ4n) is 3.39. The number of carbonyl (C=O) groups excluding carboxylic acids is 1. The quantitative estimate of drug-likeness (QED) is 0.645. The average Bonchev–Trinajstić information content (AvgIpc) is 3.37. The number of phenolic OH excluding ortho intramolecular Hbond substituents is 1. The molecule has 0 saturated heterocycles. The van der Waals surface area contributed by atoms with E-state index in [0.717, 1.165) is 23.3 Å². The van der Waals surface area contributed by atoms with Gasteiger partial charge in [0, 0.05) is 43.0 Å². The SMILES string of the molecule is C=C1CC1.CN=C(C)C1CCC(=O)CC1c1c(C)ccc(OC)c1O. The molecule has 136 valence electrons. The van der Waals surface area contributed by atoms with Gasteiger partial charge in [-0.05, 0) is 44.7 Å². The maximum atomic E-state index is 11.9. The number of phenols is 1. The number of methoxy groups -OCH3 is 1. The summed E-state index contributed by atoms with van der Waals surface area (Å²) in [5.74, 6) is 1.04. The van der Waals surface area contributed by atoms with E-state index in [1.165, 1.54) is 25.5 Å². The monoisotopic (exact) mass is 343 g/mol. The molecule has 0 amide bonds. The lowest BCUT2D eigenvalue weighted by Gasteiger charge is -2.32. The van der Waals surface area contributed by atoms with E-state index in [1.807, 2.05) is 19.9 Å². The summed E-state index contributed by atoms with van der Waals surface area (Å²) in [4.78, 5) is 16.2. The molecule has 4 nitrogen and oxygen atoms in total. The van der Waals surface area contributed by atoms with Crippen molar-refractivity contribution in [2.45, 2.75) is 51.9 Å². The fourth-order valence-corrected chi connectivity index (χ4v) is 3.39. The number of aryl methyl sites for hydroxylation is 1. The van der Waals surface area contributed by atoms with Gasteiger partial charge in [-0.3, -0.25) is 9.79 Å². The van der Waals surface area contributed by atoms with Crippen LogP contribution in [0.3, 0.4) is 0 Å². The summed E-state index contributed by atoms with van der Waals surface area (Å²) in [6, 6.07) is 3.69. The Balaban J connectivity index is 0.000000493. The number of ketones is 1. The molecule has 0 aromatic heterocycles. The highest BCUT2D eigenvalue weighted by Crippen LogP contribution is 2.45. The molecule has 2 unspecified atom stereocenters. The second-order valence-electron chi connectivity index (χ2n) is 6.96. The van der Waals surface area contributed by atoms with Crippen LogP contribution in [0.15, 0.2) is 29.3 Å². The van der Waals surface area contributed by atoms with Crippen LogP contribution in [0.5, 0.6) is 11.5 Å². The molecular formula is C21H29NO3. The van der Waals surface area contributed by atoms with Gasteiger partial charge >= 0.3 is 0 Å². The van der Waals surface area contributed by atoms with Crippen LogP contribution in [0.1, 0.15) is 56.1 Å². The van der Waals surface area contributed by atoms with Gasteiger partial charge in [-0.1, -0.05) is 18.2 Å². The van der Waals surface area contributed by atoms with Crippen LogP contribution >= 0.6 is 0 Å². The number of ether oxygens (including phenoxy) is 1. The first kappa shape index (κ1) is 19.2. The zero-order valence-corrected chi connectivity index (χ0v) is 15.8.